The molecule has 1 aromatic rings. The number of hydrogen-bond acceptors (Lipinski definition) is 2. The molecule has 3 rings (SSSR count). The quantitative estimate of drug-likeness (QED) is 0.900. The Labute approximate surface area is 122 Å². The molecule has 1 saturated heterocycles. The van der Waals surface area contributed by atoms with Crippen molar-refractivity contribution in [1.82, 2.24) is 0 Å². The second kappa shape index (κ2) is 6.28. The van der Waals surface area contributed by atoms with Gasteiger partial charge in [-0.1, -0.05) is 43.2 Å². The number of hydrogen-bond donors (Lipinski definition) is 1. The van der Waals surface area contributed by atoms with Crippen molar-refractivity contribution in [2.24, 2.45) is 5.73 Å². The number of ether oxygens (including phenoxy) is 1. The van der Waals surface area contributed by atoms with E-state index in [1.54, 1.807) is 0 Å². The summed E-state index contributed by atoms with van der Waals surface area (Å²) >= 11 is 0. The van der Waals surface area contributed by atoms with E-state index in [0.29, 0.717) is 12.0 Å². The Hall–Kier alpha value is -0.860. The van der Waals surface area contributed by atoms with Crippen LogP contribution in [0.4, 0.5) is 0 Å². The van der Waals surface area contributed by atoms with Crippen molar-refractivity contribution >= 4 is 0 Å². The van der Waals surface area contributed by atoms with Crippen LogP contribution in [0.3, 0.4) is 0 Å². The molecule has 110 valence electrons. The molecule has 0 aromatic heterocycles. The lowest BCUT2D eigenvalue weighted by Crippen LogP contribution is -2.48. The van der Waals surface area contributed by atoms with E-state index in [-0.39, 0.29) is 5.54 Å². The number of rotatable bonds is 4. The molecule has 2 fully saturated rings. The molecule has 1 aliphatic heterocycles. The summed E-state index contributed by atoms with van der Waals surface area (Å²) in [5.41, 5.74) is 8.27. The zero-order valence-electron chi connectivity index (χ0n) is 12.4. The topological polar surface area (TPSA) is 35.2 Å². The summed E-state index contributed by atoms with van der Waals surface area (Å²) < 4.78 is 5.77. The van der Waals surface area contributed by atoms with Crippen LogP contribution in [-0.2, 0) is 4.74 Å². The predicted molar refractivity (Wildman–Crippen MR) is 82.8 cm³/mol. The highest BCUT2D eigenvalue weighted by Crippen LogP contribution is 2.42. The van der Waals surface area contributed by atoms with Crippen LogP contribution in [0, 0.1) is 0 Å². The van der Waals surface area contributed by atoms with Gasteiger partial charge >= 0.3 is 0 Å². The van der Waals surface area contributed by atoms with Crippen molar-refractivity contribution in [2.75, 3.05) is 6.61 Å². The summed E-state index contributed by atoms with van der Waals surface area (Å²) in [7, 11) is 0. The van der Waals surface area contributed by atoms with E-state index in [9.17, 15) is 0 Å². The summed E-state index contributed by atoms with van der Waals surface area (Å²) in [4.78, 5) is 0. The highest BCUT2D eigenvalue weighted by Gasteiger charge is 2.38. The maximum absolute atomic E-state index is 6.86. The fourth-order valence-corrected chi connectivity index (χ4v) is 4.05. The van der Waals surface area contributed by atoms with Gasteiger partial charge in [-0.05, 0) is 44.1 Å². The number of benzene rings is 1. The summed E-state index contributed by atoms with van der Waals surface area (Å²) in [6, 6.07) is 10.9. The van der Waals surface area contributed by atoms with Crippen molar-refractivity contribution in [3.05, 3.63) is 35.9 Å². The Kier molecular flexibility index (Phi) is 4.42. The van der Waals surface area contributed by atoms with Gasteiger partial charge < -0.3 is 10.5 Å². The second-order valence-corrected chi connectivity index (χ2v) is 6.62. The van der Waals surface area contributed by atoms with E-state index in [1.807, 2.05) is 0 Å². The highest BCUT2D eigenvalue weighted by molar-refractivity contribution is 5.24. The van der Waals surface area contributed by atoms with Crippen LogP contribution in [0.15, 0.2) is 30.3 Å². The van der Waals surface area contributed by atoms with E-state index < -0.39 is 0 Å². The minimum atomic E-state index is -0.0223. The number of nitrogens with two attached hydrogens (primary N) is 1. The lowest BCUT2D eigenvalue weighted by Gasteiger charge is -2.42. The molecule has 0 spiro atoms. The van der Waals surface area contributed by atoms with Crippen LogP contribution in [0.25, 0.3) is 0 Å². The third kappa shape index (κ3) is 3.07. The molecule has 2 heteroatoms. The first-order chi connectivity index (χ1) is 9.78. The molecular formula is C18H27NO. The molecule has 0 radical (unpaired) electrons. The van der Waals surface area contributed by atoms with Crippen LogP contribution in [0.2, 0.25) is 0 Å². The van der Waals surface area contributed by atoms with Crippen LogP contribution < -0.4 is 5.73 Å². The van der Waals surface area contributed by atoms with Crippen molar-refractivity contribution in [1.29, 1.82) is 0 Å². The average Bonchev–Trinajstić information content (AvgIpc) is 3.00. The van der Waals surface area contributed by atoms with Crippen LogP contribution in [-0.4, -0.2) is 18.2 Å². The highest BCUT2D eigenvalue weighted by atomic mass is 16.5. The van der Waals surface area contributed by atoms with Gasteiger partial charge in [0.15, 0.2) is 0 Å². The summed E-state index contributed by atoms with van der Waals surface area (Å²) in [6.45, 7) is 0.949. The molecule has 0 amide bonds. The third-order valence-corrected chi connectivity index (χ3v) is 5.24. The molecule has 1 saturated carbocycles. The Morgan fingerprint density at radius 3 is 2.70 bits per heavy atom. The SMILES string of the molecule is NC1(CCC2CCCO2)CCCCC1c1ccccc1. The van der Waals surface area contributed by atoms with Gasteiger partial charge in [-0.15, -0.1) is 0 Å². The van der Waals surface area contributed by atoms with E-state index in [0.717, 1.165) is 19.4 Å². The molecule has 2 N–H and O–H groups in total. The zero-order chi connectivity index (χ0) is 13.8. The monoisotopic (exact) mass is 273 g/mol. The molecule has 1 heterocycles. The van der Waals surface area contributed by atoms with Crippen molar-refractivity contribution < 1.29 is 4.74 Å². The minimum Gasteiger partial charge on any atom is -0.378 e. The standard InChI is InChI=1S/C18H27NO/c19-18(13-11-16-9-6-14-20-16)12-5-4-10-17(18)15-7-2-1-3-8-15/h1-3,7-8,16-17H,4-6,9-14,19H2. The Balaban J connectivity index is 1.69. The first-order valence-corrected chi connectivity index (χ1v) is 8.23. The van der Waals surface area contributed by atoms with Gasteiger partial charge in [-0.25, -0.2) is 0 Å². The van der Waals surface area contributed by atoms with Gasteiger partial charge in [0.2, 0.25) is 0 Å². The minimum absolute atomic E-state index is 0.0223. The van der Waals surface area contributed by atoms with Gasteiger partial charge in [-0.3, -0.25) is 0 Å². The Morgan fingerprint density at radius 1 is 1.10 bits per heavy atom. The smallest absolute Gasteiger partial charge is 0.0576 e. The molecule has 2 nitrogen and oxygen atoms in total. The summed E-state index contributed by atoms with van der Waals surface area (Å²) in [5, 5.41) is 0. The van der Waals surface area contributed by atoms with Crippen LogP contribution >= 0.6 is 0 Å². The predicted octanol–water partition coefficient (Wildman–Crippen LogP) is 4.00. The molecule has 1 aliphatic carbocycles. The van der Waals surface area contributed by atoms with E-state index in [1.165, 1.54) is 44.1 Å². The van der Waals surface area contributed by atoms with Crippen LogP contribution in [0.1, 0.15) is 62.8 Å². The van der Waals surface area contributed by atoms with E-state index in [2.05, 4.69) is 30.3 Å². The lowest BCUT2D eigenvalue weighted by atomic mass is 9.68. The van der Waals surface area contributed by atoms with Gasteiger partial charge in [0, 0.05) is 18.1 Å². The van der Waals surface area contributed by atoms with Crippen LogP contribution in [0.5, 0.6) is 0 Å². The van der Waals surface area contributed by atoms with E-state index in [4.69, 9.17) is 10.5 Å². The fourth-order valence-electron chi connectivity index (χ4n) is 4.05. The Morgan fingerprint density at radius 2 is 1.95 bits per heavy atom. The van der Waals surface area contributed by atoms with E-state index >= 15 is 0 Å². The van der Waals surface area contributed by atoms with Gasteiger partial charge in [0.25, 0.3) is 0 Å². The van der Waals surface area contributed by atoms with Gasteiger partial charge in [-0.2, -0.15) is 0 Å². The molecule has 2 aliphatic rings. The molecule has 3 atom stereocenters. The van der Waals surface area contributed by atoms with Gasteiger partial charge in [0.1, 0.15) is 0 Å². The maximum atomic E-state index is 6.86. The largest absolute Gasteiger partial charge is 0.378 e. The molecule has 0 bridgehead atoms. The normalized spacial score (nSPS) is 34.2. The fraction of sp³-hybridized carbons (Fsp3) is 0.667. The average molecular weight is 273 g/mol. The molecule has 1 aromatic carbocycles. The zero-order valence-corrected chi connectivity index (χ0v) is 12.4. The second-order valence-electron chi connectivity index (χ2n) is 6.62. The third-order valence-electron chi connectivity index (χ3n) is 5.24. The molecule has 3 unspecified atom stereocenters. The molecule has 20 heavy (non-hydrogen) atoms. The first kappa shape index (κ1) is 14.1. The van der Waals surface area contributed by atoms with Crippen molar-refractivity contribution in [2.45, 2.75) is 68.9 Å². The Bertz CT molecular complexity index is 413. The van der Waals surface area contributed by atoms with Crippen molar-refractivity contribution in [3.8, 4) is 0 Å². The summed E-state index contributed by atoms with van der Waals surface area (Å²) in [6.07, 6.45) is 10.2. The van der Waals surface area contributed by atoms with Crippen molar-refractivity contribution in [3.63, 3.8) is 0 Å². The molecular weight excluding hydrogens is 246 g/mol. The summed E-state index contributed by atoms with van der Waals surface area (Å²) in [5.74, 6) is 0.527. The maximum Gasteiger partial charge on any atom is 0.0576 e. The van der Waals surface area contributed by atoms with Gasteiger partial charge in [0.05, 0.1) is 6.10 Å². The first-order valence-electron chi connectivity index (χ1n) is 8.23. The lowest BCUT2D eigenvalue weighted by molar-refractivity contribution is 0.0895.